The maximum atomic E-state index is 13.7. The number of hydrogen-bond acceptors (Lipinski definition) is 8. The second-order valence-electron chi connectivity index (χ2n) is 9.67. The molecule has 1 amide bonds. The second-order valence-corrected chi connectivity index (χ2v) is 9.67. The topological polar surface area (TPSA) is 95.1 Å². The quantitative estimate of drug-likeness (QED) is 0.301. The first-order valence-corrected chi connectivity index (χ1v) is 13.2. The molecule has 0 radical (unpaired) electrons. The fraction of sp³-hybridized carbons (Fsp3) is 0.414. The monoisotopic (exact) mass is 533 g/mol. The van der Waals surface area contributed by atoms with Crippen LogP contribution in [0.5, 0.6) is 11.5 Å². The van der Waals surface area contributed by atoms with Gasteiger partial charge in [-0.3, -0.25) is 9.48 Å². The largest absolute Gasteiger partial charge is 0.496 e. The van der Waals surface area contributed by atoms with Crippen molar-refractivity contribution in [2.24, 2.45) is 0 Å². The Kier molecular flexibility index (Phi) is 8.02. The lowest BCUT2D eigenvalue weighted by Gasteiger charge is -2.31. The van der Waals surface area contributed by atoms with Gasteiger partial charge in [0, 0.05) is 49.2 Å². The van der Waals surface area contributed by atoms with Gasteiger partial charge in [-0.05, 0) is 50.2 Å². The van der Waals surface area contributed by atoms with E-state index in [2.05, 4.69) is 16.1 Å². The number of carbonyl (C=O) groups excluding carboxylic acids is 1. The Bertz CT molecular complexity index is 1430. The number of rotatable bonds is 10. The van der Waals surface area contributed by atoms with E-state index in [4.69, 9.17) is 23.6 Å². The molecule has 0 bridgehead atoms. The van der Waals surface area contributed by atoms with E-state index < -0.39 is 0 Å². The van der Waals surface area contributed by atoms with Gasteiger partial charge in [-0.15, -0.1) is 0 Å². The number of hydrogen-bond donors (Lipinski definition) is 0. The molecule has 3 aromatic heterocycles. The number of morpholine rings is 1. The van der Waals surface area contributed by atoms with Crippen molar-refractivity contribution in [3.8, 4) is 11.5 Å². The van der Waals surface area contributed by atoms with Crippen molar-refractivity contribution in [1.29, 1.82) is 0 Å². The molecule has 10 nitrogen and oxygen atoms in total. The van der Waals surface area contributed by atoms with Gasteiger partial charge in [-0.25, -0.2) is 4.98 Å². The first kappa shape index (κ1) is 26.6. The molecule has 1 aromatic carbocycles. The van der Waals surface area contributed by atoms with Crippen LogP contribution in [0.25, 0.3) is 10.9 Å². The van der Waals surface area contributed by atoms with Gasteiger partial charge in [0.25, 0.3) is 0 Å². The van der Waals surface area contributed by atoms with Crippen LogP contribution in [-0.2, 0) is 29.2 Å². The molecule has 5 rings (SSSR count). The second kappa shape index (κ2) is 11.8. The summed E-state index contributed by atoms with van der Waals surface area (Å²) in [4.78, 5) is 22.8. The van der Waals surface area contributed by atoms with E-state index in [9.17, 15) is 4.79 Å². The van der Waals surface area contributed by atoms with Crippen molar-refractivity contribution in [3.63, 3.8) is 0 Å². The Balaban J connectivity index is 1.52. The summed E-state index contributed by atoms with van der Waals surface area (Å²) >= 11 is 0. The summed E-state index contributed by atoms with van der Waals surface area (Å²) in [5.74, 6) is 2.90. The molecule has 0 N–H and O–H groups in total. The zero-order chi connectivity index (χ0) is 27.4. The normalized spacial score (nSPS) is 13.6. The molecule has 10 heteroatoms. The minimum atomic E-state index is 0.00425. The third-order valence-electron chi connectivity index (χ3n) is 7.00. The fourth-order valence-electron chi connectivity index (χ4n) is 5.04. The first-order chi connectivity index (χ1) is 19.0. The lowest BCUT2D eigenvalue weighted by molar-refractivity contribution is -0.133. The molecule has 0 spiro atoms. The summed E-state index contributed by atoms with van der Waals surface area (Å²) in [5, 5.41) is 5.35. The number of ether oxygens (including phenoxy) is 3. The predicted octanol–water partition coefficient (Wildman–Crippen LogP) is 4.11. The van der Waals surface area contributed by atoms with Crippen LogP contribution < -0.4 is 14.4 Å². The number of amides is 1. The van der Waals surface area contributed by atoms with Crippen LogP contribution in [0.4, 0.5) is 5.82 Å². The van der Waals surface area contributed by atoms with Gasteiger partial charge in [0.1, 0.15) is 28.6 Å². The Morgan fingerprint density at radius 2 is 1.82 bits per heavy atom. The molecule has 1 aliphatic rings. The number of nitrogens with zero attached hydrogens (tertiary/aromatic N) is 5. The standard InChI is InChI=1S/C29H35N5O5/c1-20-16-21(2)34(31-20)10-9-27(35)33(19-23-6-5-13-39-23)18-22-17-24-25(36-3)7-8-26(37-4)28(24)30-29(22)32-11-14-38-15-12-32/h5-8,13,16-17H,9-12,14-15,18-19H2,1-4H3. The van der Waals surface area contributed by atoms with E-state index in [0.29, 0.717) is 63.9 Å². The predicted molar refractivity (Wildman–Crippen MR) is 147 cm³/mol. The highest BCUT2D eigenvalue weighted by Gasteiger charge is 2.24. The molecule has 0 saturated carbocycles. The van der Waals surface area contributed by atoms with Gasteiger partial charge in [0.05, 0.1) is 45.9 Å². The maximum Gasteiger partial charge on any atom is 0.225 e. The van der Waals surface area contributed by atoms with Crippen molar-refractivity contribution in [2.75, 3.05) is 45.4 Å². The number of aromatic nitrogens is 3. The smallest absolute Gasteiger partial charge is 0.225 e. The molecule has 206 valence electrons. The molecular formula is C29H35N5O5. The molecule has 1 saturated heterocycles. The molecular weight excluding hydrogens is 498 g/mol. The highest BCUT2D eigenvalue weighted by molar-refractivity contribution is 5.92. The molecule has 0 aliphatic carbocycles. The number of aryl methyl sites for hydroxylation is 3. The van der Waals surface area contributed by atoms with E-state index >= 15 is 0 Å². The average Bonchev–Trinajstić information content (AvgIpc) is 3.59. The highest BCUT2D eigenvalue weighted by atomic mass is 16.5. The molecule has 4 heterocycles. The number of fused-ring (bicyclic) bond motifs is 1. The molecule has 0 unspecified atom stereocenters. The van der Waals surface area contributed by atoms with E-state index in [1.807, 2.05) is 53.8 Å². The van der Waals surface area contributed by atoms with E-state index in [0.717, 1.165) is 39.4 Å². The van der Waals surface area contributed by atoms with Crippen LogP contribution in [0.15, 0.2) is 47.1 Å². The van der Waals surface area contributed by atoms with E-state index in [1.54, 1.807) is 20.5 Å². The number of benzene rings is 1. The number of carbonyl (C=O) groups is 1. The maximum absolute atomic E-state index is 13.7. The van der Waals surface area contributed by atoms with Crippen molar-refractivity contribution in [3.05, 3.63) is 65.4 Å². The Labute approximate surface area is 228 Å². The molecule has 4 aromatic rings. The van der Waals surface area contributed by atoms with E-state index in [-0.39, 0.29) is 5.91 Å². The molecule has 1 aliphatic heterocycles. The zero-order valence-corrected chi connectivity index (χ0v) is 23.0. The van der Waals surface area contributed by atoms with Crippen molar-refractivity contribution in [1.82, 2.24) is 19.7 Å². The summed E-state index contributed by atoms with van der Waals surface area (Å²) in [7, 11) is 3.28. The minimum Gasteiger partial charge on any atom is -0.496 e. The third kappa shape index (κ3) is 5.85. The summed E-state index contributed by atoms with van der Waals surface area (Å²) in [6, 6.07) is 11.5. The third-order valence-corrected chi connectivity index (χ3v) is 7.00. The number of pyridine rings is 1. The molecule has 1 fully saturated rings. The Hall–Kier alpha value is -4.05. The number of methoxy groups -OCH3 is 2. The van der Waals surface area contributed by atoms with Gasteiger partial charge >= 0.3 is 0 Å². The minimum absolute atomic E-state index is 0.00425. The van der Waals surface area contributed by atoms with Gasteiger partial charge in [-0.2, -0.15) is 5.10 Å². The van der Waals surface area contributed by atoms with Crippen molar-refractivity contribution < 1.29 is 23.4 Å². The van der Waals surface area contributed by atoms with Crippen LogP contribution in [0, 0.1) is 13.8 Å². The summed E-state index contributed by atoms with van der Waals surface area (Å²) in [6.45, 7) is 7.82. The van der Waals surface area contributed by atoms with Crippen LogP contribution in [0.3, 0.4) is 0 Å². The van der Waals surface area contributed by atoms with Gasteiger partial charge in [0.15, 0.2) is 0 Å². The highest BCUT2D eigenvalue weighted by Crippen LogP contribution is 2.36. The SMILES string of the molecule is COc1ccc(OC)c2nc(N3CCOCC3)c(CN(Cc3ccco3)C(=O)CCn3nc(C)cc3C)cc12. The molecule has 0 atom stereocenters. The van der Waals surface area contributed by atoms with Crippen LogP contribution in [-0.4, -0.2) is 66.1 Å². The lowest BCUT2D eigenvalue weighted by Crippen LogP contribution is -2.38. The van der Waals surface area contributed by atoms with Gasteiger partial charge < -0.3 is 28.4 Å². The lowest BCUT2D eigenvalue weighted by atomic mass is 10.1. The summed E-state index contributed by atoms with van der Waals surface area (Å²) in [5.41, 5.74) is 3.61. The zero-order valence-electron chi connectivity index (χ0n) is 23.0. The summed E-state index contributed by atoms with van der Waals surface area (Å²) < 4.78 is 24.4. The summed E-state index contributed by atoms with van der Waals surface area (Å²) in [6.07, 6.45) is 1.94. The molecule has 39 heavy (non-hydrogen) atoms. The van der Waals surface area contributed by atoms with Crippen LogP contribution in [0.1, 0.15) is 29.1 Å². The first-order valence-electron chi connectivity index (χ1n) is 13.2. The Morgan fingerprint density at radius 3 is 2.49 bits per heavy atom. The van der Waals surface area contributed by atoms with E-state index in [1.165, 1.54) is 0 Å². The van der Waals surface area contributed by atoms with Crippen molar-refractivity contribution >= 4 is 22.6 Å². The van der Waals surface area contributed by atoms with Crippen LogP contribution in [0.2, 0.25) is 0 Å². The Morgan fingerprint density at radius 1 is 1.05 bits per heavy atom. The number of anilines is 1. The fourth-order valence-corrected chi connectivity index (χ4v) is 5.04. The van der Waals surface area contributed by atoms with Gasteiger partial charge in [0.2, 0.25) is 5.91 Å². The average molecular weight is 534 g/mol. The van der Waals surface area contributed by atoms with Gasteiger partial charge in [-0.1, -0.05) is 0 Å². The van der Waals surface area contributed by atoms with Crippen LogP contribution >= 0.6 is 0 Å². The number of furan rings is 1. The van der Waals surface area contributed by atoms with Crippen molar-refractivity contribution in [2.45, 2.75) is 39.9 Å².